The summed E-state index contributed by atoms with van der Waals surface area (Å²) in [6.07, 6.45) is 6.92. The van der Waals surface area contributed by atoms with Gasteiger partial charge in [-0.05, 0) is 31.8 Å². The summed E-state index contributed by atoms with van der Waals surface area (Å²) in [6, 6.07) is 0. The summed E-state index contributed by atoms with van der Waals surface area (Å²) in [7, 11) is 1.97. The van der Waals surface area contributed by atoms with Gasteiger partial charge in [0.05, 0.1) is 0 Å². The molecule has 1 rings (SSSR count). The SMILES string of the molecule is CCCCCNC(=NCc1nnc(C)n1C)NCCCSC. The molecule has 0 spiro atoms. The Hall–Kier alpha value is -1.24. The fraction of sp³-hybridized carbons (Fsp3) is 0.800. The number of aromatic nitrogens is 3. The van der Waals surface area contributed by atoms with E-state index >= 15 is 0 Å². The second-order valence-electron chi connectivity index (χ2n) is 5.29. The Bertz CT molecular complexity index is 429. The Morgan fingerprint density at radius 2 is 1.91 bits per heavy atom. The van der Waals surface area contributed by atoms with Gasteiger partial charge in [0, 0.05) is 20.1 Å². The number of unbranched alkanes of at least 4 members (excludes halogenated alkanes) is 2. The second kappa shape index (κ2) is 11.3. The van der Waals surface area contributed by atoms with Crippen LogP contribution >= 0.6 is 11.8 Å². The highest BCUT2D eigenvalue weighted by molar-refractivity contribution is 7.98. The van der Waals surface area contributed by atoms with Gasteiger partial charge in [0.2, 0.25) is 0 Å². The lowest BCUT2D eigenvalue weighted by Gasteiger charge is -2.12. The molecule has 0 amide bonds. The maximum atomic E-state index is 4.63. The zero-order valence-electron chi connectivity index (χ0n) is 14.4. The van der Waals surface area contributed by atoms with Crippen LogP contribution in [0.3, 0.4) is 0 Å². The first-order valence-electron chi connectivity index (χ1n) is 8.05. The molecule has 0 aliphatic heterocycles. The van der Waals surface area contributed by atoms with Gasteiger partial charge in [0.25, 0.3) is 0 Å². The van der Waals surface area contributed by atoms with Gasteiger partial charge in [-0.25, -0.2) is 4.99 Å². The maximum absolute atomic E-state index is 4.63. The van der Waals surface area contributed by atoms with Crippen LogP contribution in [0.1, 0.15) is 44.3 Å². The Morgan fingerprint density at radius 1 is 1.18 bits per heavy atom. The third-order valence-corrected chi connectivity index (χ3v) is 4.15. The van der Waals surface area contributed by atoms with Crippen LogP contribution in [0.4, 0.5) is 0 Å². The van der Waals surface area contributed by atoms with Gasteiger partial charge in [0.1, 0.15) is 12.4 Å². The molecule has 0 unspecified atom stereocenters. The summed E-state index contributed by atoms with van der Waals surface area (Å²) in [4.78, 5) is 4.63. The molecule has 0 radical (unpaired) electrons. The molecule has 0 fully saturated rings. The van der Waals surface area contributed by atoms with Crippen molar-refractivity contribution in [2.45, 2.75) is 46.1 Å². The van der Waals surface area contributed by atoms with Crippen LogP contribution in [0.15, 0.2) is 4.99 Å². The van der Waals surface area contributed by atoms with E-state index in [1.165, 1.54) is 25.0 Å². The Balaban J connectivity index is 2.50. The molecule has 22 heavy (non-hydrogen) atoms. The van der Waals surface area contributed by atoms with Crippen LogP contribution in [0.5, 0.6) is 0 Å². The number of thioether (sulfide) groups is 1. The second-order valence-corrected chi connectivity index (χ2v) is 6.28. The number of aryl methyl sites for hydroxylation is 1. The molecule has 1 aromatic heterocycles. The smallest absolute Gasteiger partial charge is 0.191 e. The van der Waals surface area contributed by atoms with Crippen LogP contribution in [-0.4, -0.2) is 45.8 Å². The number of hydrogen-bond donors (Lipinski definition) is 2. The Morgan fingerprint density at radius 3 is 2.50 bits per heavy atom. The lowest BCUT2D eigenvalue weighted by Crippen LogP contribution is -2.38. The van der Waals surface area contributed by atoms with Crippen molar-refractivity contribution in [2.24, 2.45) is 12.0 Å². The van der Waals surface area contributed by atoms with Gasteiger partial charge in [-0.1, -0.05) is 19.8 Å². The molecule has 0 aliphatic rings. The predicted octanol–water partition coefficient (Wildman–Crippen LogP) is 2.10. The van der Waals surface area contributed by atoms with Gasteiger partial charge < -0.3 is 15.2 Å². The molecule has 0 atom stereocenters. The molecule has 0 saturated heterocycles. The predicted molar refractivity (Wildman–Crippen MR) is 95.4 cm³/mol. The zero-order valence-corrected chi connectivity index (χ0v) is 15.2. The monoisotopic (exact) mass is 326 g/mol. The fourth-order valence-electron chi connectivity index (χ4n) is 1.92. The highest BCUT2D eigenvalue weighted by Crippen LogP contribution is 1.99. The van der Waals surface area contributed by atoms with Crippen molar-refractivity contribution in [1.29, 1.82) is 0 Å². The van der Waals surface area contributed by atoms with E-state index in [0.717, 1.165) is 37.1 Å². The average molecular weight is 327 g/mol. The van der Waals surface area contributed by atoms with E-state index in [-0.39, 0.29) is 0 Å². The van der Waals surface area contributed by atoms with Gasteiger partial charge in [-0.15, -0.1) is 10.2 Å². The molecule has 2 N–H and O–H groups in total. The minimum Gasteiger partial charge on any atom is -0.356 e. The lowest BCUT2D eigenvalue weighted by atomic mass is 10.2. The number of hydrogen-bond acceptors (Lipinski definition) is 4. The van der Waals surface area contributed by atoms with Crippen molar-refractivity contribution >= 4 is 17.7 Å². The largest absolute Gasteiger partial charge is 0.356 e. The molecule has 6 nitrogen and oxygen atoms in total. The van der Waals surface area contributed by atoms with Crippen molar-refractivity contribution < 1.29 is 0 Å². The third-order valence-electron chi connectivity index (χ3n) is 3.45. The molecular weight excluding hydrogens is 296 g/mol. The van der Waals surface area contributed by atoms with Crippen molar-refractivity contribution in [3.05, 3.63) is 11.6 Å². The number of rotatable bonds is 10. The Kier molecular flexibility index (Phi) is 9.70. The first-order chi connectivity index (χ1) is 10.7. The summed E-state index contributed by atoms with van der Waals surface area (Å²) in [5, 5.41) is 15.0. The van der Waals surface area contributed by atoms with E-state index in [9.17, 15) is 0 Å². The van der Waals surface area contributed by atoms with Crippen LogP contribution in [-0.2, 0) is 13.6 Å². The highest BCUT2D eigenvalue weighted by atomic mass is 32.2. The summed E-state index contributed by atoms with van der Waals surface area (Å²) >= 11 is 1.87. The summed E-state index contributed by atoms with van der Waals surface area (Å²) in [6.45, 7) is 6.61. The van der Waals surface area contributed by atoms with E-state index in [1.807, 2.05) is 30.3 Å². The number of nitrogens with one attached hydrogen (secondary N) is 2. The van der Waals surface area contributed by atoms with E-state index in [0.29, 0.717) is 6.54 Å². The molecule has 1 aromatic rings. The summed E-state index contributed by atoms with van der Waals surface area (Å²) in [5.41, 5.74) is 0. The molecule has 0 bridgehead atoms. The van der Waals surface area contributed by atoms with Gasteiger partial charge in [-0.3, -0.25) is 0 Å². The summed E-state index contributed by atoms with van der Waals surface area (Å²) in [5.74, 6) is 3.84. The van der Waals surface area contributed by atoms with Gasteiger partial charge in [0.15, 0.2) is 11.8 Å². The third kappa shape index (κ3) is 7.15. The van der Waals surface area contributed by atoms with Gasteiger partial charge in [-0.2, -0.15) is 11.8 Å². The first-order valence-corrected chi connectivity index (χ1v) is 9.44. The minimum absolute atomic E-state index is 0.545. The van der Waals surface area contributed by atoms with Crippen molar-refractivity contribution in [1.82, 2.24) is 25.4 Å². The van der Waals surface area contributed by atoms with E-state index < -0.39 is 0 Å². The van der Waals surface area contributed by atoms with E-state index in [1.54, 1.807) is 0 Å². The number of aliphatic imine (C=N–C) groups is 1. The number of guanidine groups is 1. The molecule has 1 heterocycles. The molecule has 0 saturated carbocycles. The molecule has 0 aromatic carbocycles. The maximum Gasteiger partial charge on any atom is 0.191 e. The minimum atomic E-state index is 0.545. The van der Waals surface area contributed by atoms with Crippen molar-refractivity contribution in [3.8, 4) is 0 Å². The zero-order chi connectivity index (χ0) is 16.2. The quantitative estimate of drug-likeness (QED) is 0.391. The van der Waals surface area contributed by atoms with Crippen LogP contribution in [0, 0.1) is 6.92 Å². The Labute approximate surface area is 138 Å². The van der Waals surface area contributed by atoms with Crippen LogP contribution in [0.25, 0.3) is 0 Å². The topological polar surface area (TPSA) is 67.1 Å². The number of nitrogens with zero attached hydrogens (tertiary/aromatic N) is 4. The summed E-state index contributed by atoms with van der Waals surface area (Å²) < 4.78 is 1.98. The first kappa shape index (κ1) is 18.8. The highest BCUT2D eigenvalue weighted by Gasteiger charge is 2.04. The lowest BCUT2D eigenvalue weighted by molar-refractivity contribution is 0.677. The van der Waals surface area contributed by atoms with Crippen LogP contribution in [0.2, 0.25) is 0 Å². The molecule has 0 aliphatic carbocycles. The van der Waals surface area contributed by atoms with Crippen molar-refractivity contribution in [3.63, 3.8) is 0 Å². The molecule has 126 valence electrons. The normalized spacial score (nSPS) is 11.7. The van der Waals surface area contributed by atoms with E-state index in [4.69, 9.17) is 0 Å². The van der Waals surface area contributed by atoms with E-state index in [2.05, 4.69) is 39.0 Å². The molecular formula is C15H30N6S. The standard InChI is InChI=1S/C15H30N6S/c1-5-6-7-9-16-15(17-10-8-11-22-4)18-12-14-20-19-13(2)21(14)3/h5-12H2,1-4H3,(H2,16,17,18). The average Bonchev–Trinajstić information content (AvgIpc) is 2.84. The molecule has 7 heteroatoms. The van der Waals surface area contributed by atoms with Crippen molar-refractivity contribution in [2.75, 3.05) is 25.1 Å². The van der Waals surface area contributed by atoms with Crippen LogP contribution < -0.4 is 10.6 Å². The fourth-order valence-corrected chi connectivity index (χ4v) is 2.35. The van der Waals surface area contributed by atoms with Gasteiger partial charge >= 0.3 is 0 Å².